The first-order valence-corrected chi connectivity index (χ1v) is 5.95. The zero-order chi connectivity index (χ0) is 12.0. The van der Waals surface area contributed by atoms with Gasteiger partial charge in [0.1, 0.15) is 5.82 Å². The van der Waals surface area contributed by atoms with Crippen molar-refractivity contribution in [3.63, 3.8) is 0 Å². The van der Waals surface area contributed by atoms with E-state index in [1.807, 2.05) is 4.40 Å². The maximum absolute atomic E-state index is 11.1. The Morgan fingerprint density at radius 3 is 2.82 bits per heavy atom. The lowest BCUT2D eigenvalue weighted by molar-refractivity contribution is 0.0693. The molecule has 0 spiro atoms. The van der Waals surface area contributed by atoms with Crippen molar-refractivity contribution in [1.82, 2.24) is 9.38 Å². The Morgan fingerprint density at radius 1 is 1.47 bits per heavy atom. The highest BCUT2D eigenvalue weighted by atomic mass is 35.5. The summed E-state index contributed by atoms with van der Waals surface area (Å²) in [6.07, 6.45) is 5.07. The molecular formula is C12H11ClN2O2. The van der Waals surface area contributed by atoms with Crippen LogP contribution in [0.15, 0.2) is 18.3 Å². The first-order chi connectivity index (χ1) is 8.16. The van der Waals surface area contributed by atoms with Crippen molar-refractivity contribution in [3.05, 3.63) is 34.9 Å². The Morgan fingerprint density at radius 2 is 2.24 bits per heavy atom. The molecule has 0 aromatic carbocycles. The van der Waals surface area contributed by atoms with E-state index < -0.39 is 5.97 Å². The van der Waals surface area contributed by atoms with E-state index in [0.717, 1.165) is 18.7 Å². The van der Waals surface area contributed by atoms with Crippen LogP contribution >= 0.6 is 11.6 Å². The molecule has 4 nitrogen and oxygen atoms in total. The van der Waals surface area contributed by atoms with E-state index in [0.29, 0.717) is 16.5 Å². The first kappa shape index (κ1) is 10.6. The number of carboxylic acid groups (broad SMARTS) is 1. The molecule has 1 aliphatic carbocycles. The maximum Gasteiger partial charge on any atom is 0.356 e. The largest absolute Gasteiger partial charge is 0.476 e. The molecule has 0 saturated heterocycles. The minimum absolute atomic E-state index is 0.114. The van der Waals surface area contributed by atoms with Crippen molar-refractivity contribution in [1.29, 1.82) is 0 Å². The molecule has 17 heavy (non-hydrogen) atoms. The van der Waals surface area contributed by atoms with Gasteiger partial charge in [0.05, 0.1) is 10.5 Å². The number of aromatic carboxylic acids is 1. The highest BCUT2D eigenvalue weighted by molar-refractivity contribution is 6.30. The Kier molecular flexibility index (Phi) is 2.33. The van der Waals surface area contributed by atoms with Crippen LogP contribution in [-0.2, 0) is 0 Å². The second-order valence-electron chi connectivity index (χ2n) is 4.35. The van der Waals surface area contributed by atoms with E-state index in [1.165, 1.54) is 6.42 Å². The SMILES string of the molecule is O=C(O)c1nc(C2CCC2)n2cc(Cl)ccc12. The summed E-state index contributed by atoms with van der Waals surface area (Å²) in [4.78, 5) is 15.4. The van der Waals surface area contributed by atoms with Gasteiger partial charge in [-0.1, -0.05) is 18.0 Å². The number of halogens is 1. The van der Waals surface area contributed by atoms with Crippen LogP contribution in [0.1, 0.15) is 41.5 Å². The van der Waals surface area contributed by atoms with Crippen LogP contribution in [0, 0.1) is 0 Å². The highest BCUT2D eigenvalue weighted by Crippen LogP contribution is 2.36. The fraction of sp³-hybridized carbons (Fsp3) is 0.333. The molecule has 88 valence electrons. The van der Waals surface area contributed by atoms with Crippen LogP contribution in [-0.4, -0.2) is 20.5 Å². The van der Waals surface area contributed by atoms with Crippen molar-refractivity contribution in [2.45, 2.75) is 25.2 Å². The Bertz CT molecular complexity index is 602. The average molecular weight is 251 g/mol. The molecule has 0 aliphatic heterocycles. The van der Waals surface area contributed by atoms with Gasteiger partial charge in [-0.3, -0.25) is 0 Å². The Hall–Kier alpha value is -1.55. The average Bonchev–Trinajstić information content (AvgIpc) is 2.55. The molecule has 0 amide bonds. The summed E-state index contributed by atoms with van der Waals surface area (Å²) >= 11 is 5.95. The van der Waals surface area contributed by atoms with Crippen LogP contribution in [0.5, 0.6) is 0 Å². The maximum atomic E-state index is 11.1. The molecule has 1 fully saturated rings. The Labute approximate surface area is 103 Å². The monoisotopic (exact) mass is 250 g/mol. The normalized spacial score (nSPS) is 16.1. The number of carboxylic acids is 1. The number of hydrogen-bond donors (Lipinski definition) is 1. The number of nitrogens with zero attached hydrogens (tertiary/aromatic N) is 2. The number of hydrogen-bond acceptors (Lipinski definition) is 2. The second-order valence-corrected chi connectivity index (χ2v) is 4.79. The van der Waals surface area contributed by atoms with Crippen LogP contribution in [0.4, 0.5) is 0 Å². The molecule has 1 N–H and O–H groups in total. The summed E-state index contributed by atoms with van der Waals surface area (Å²) in [5.74, 6) is 0.204. The lowest BCUT2D eigenvalue weighted by Crippen LogP contribution is -2.12. The third-order valence-corrected chi connectivity index (χ3v) is 3.52. The summed E-state index contributed by atoms with van der Waals surface area (Å²) in [7, 11) is 0. The molecule has 0 bridgehead atoms. The highest BCUT2D eigenvalue weighted by Gasteiger charge is 2.27. The third kappa shape index (κ3) is 1.60. The number of imidazole rings is 1. The minimum Gasteiger partial charge on any atom is -0.476 e. The van der Waals surface area contributed by atoms with Gasteiger partial charge in [-0.25, -0.2) is 9.78 Å². The van der Waals surface area contributed by atoms with Crippen molar-refractivity contribution < 1.29 is 9.90 Å². The van der Waals surface area contributed by atoms with Crippen LogP contribution < -0.4 is 0 Å². The standard InChI is InChI=1S/C12H11ClN2O2/c13-8-4-5-9-10(12(16)17)14-11(15(9)6-8)7-2-1-3-7/h4-7H,1-3H2,(H,16,17). The van der Waals surface area contributed by atoms with Crippen LogP contribution in [0.2, 0.25) is 5.02 Å². The number of fused-ring (bicyclic) bond motifs is 1. The molecular weight excluding hydrogens is 240 g/mol. The van der Waals surface area contributed by atoms with Crippen molar-refractivity contribution >= 4 is 23.1 Å². The lowest BCUT2D eigenvalue weighted by Gasteiger charge is -2.23. The molecule has 1 aliphatic rings. The van der Waals surface area contributed by atoms with Gasteiger partial charge in [-0.2, -0.15) is 0 Å². The lowest BCUT2D eigenvalue weighted by atomic mass is 9.85. The Balaban J connectivity index is 2.26. The number of rotatable bonds is 2. The molecule has 3 rings (SSSR count). The predicted octanol–water partition coefficient (Wildman–Crippen LogP) is 2.95. The molecule has 5 heteroatoms. The third-order valence-electron chi connectivity index (χ3n) is 3.30. The van der Waals surface area contributed by atoms with Crippen LogP contribution in [0.25, 0.3) is 5.52 Å². The van der Waals surface area contributed by atoms with Gasteiger partial charge in [0, 0.05) is 12.1 Å². The van der Waals surface area contributed by atoms with Crippen molar-refractivity contribution in [2.75, 3.05) is 0 Å². The molecule has 0 unspecified atom stereocenters. The summed E-state index contributed by atoms with van der Waals surface area (Å²) in [6, 6.07) is 3.40. The van der Waals surface area contributed by atoms with E-state index in [-0.39, 0.29) is 5.69 Å². The summed E-state index contributed by atoms with van der Waals surface area (Å²) < 4.78 is 1.82. The number of pyridine rings is 1. The van der Waals surface area contributed by atoms with E-state index >= 15 is 0 Å². The summed E-state index contributed by atoms with van der Waals surface area (Å²) in [6.45, 7) is 0. The van der Waals surface area contributed by atoms with Crippen molar-refractivity contribution in [3.8, 4) is 0 Å². The quantitative estimate of drug-likeness (QED) is 0.892. The van der Waals surface area contributed by atoms with Crippen molar-refractivity contribution in [2.24, 2.45) is 0 Å². The molecule has 2 aromatic rings. The van der Waals surface area contributed by atoms with Gasteiger partial charge in [0.25, 0.3) is 0 Å². The summed E-state index contributed by atoms with van der Waals surface area (Å²) in [5.41, 5.74) is 0.729. The zero-order valence-corrected chi connectivity index (χ0v) is 9.81. The molecule has 0 radical (unpaired) electrons. The fourth-order valence-electron chi connectivity index (χ4n) is 2.19. The van der Waals surface area contributed by atoms with E-state index in [4.69, 9.17) is 16.7 Å². The molecule has 1 saturated carbocycles. The number of aromatic nitrogens is 2. The molecule has 2 heterocycles. The zero-order valence-electron chi connectivity index (χ0n) is 9.06. The smallest absolute Gasteiger partial charge is 0.356 e. The van der Waals surface area contributed by atoms with Crippen LogP contribution in [0.3, 0.4) is 0 Å². The second kappa shape index (κ2) is 3.74. The minimum atomic E-state index is -0.990. The number of carbonyl (C=O) groups is 1. The van der Waals surface area contributed by atoms with E-state index in [2.05, 4.69) is 4.98 Å². The van der Waals surface area contributed by atoms with Gasteiger partial charge in [-0.15, -0.1) is 0 Å². The molecule has 0 atom stereocenters. The topological polar surface area (TPSA) is 54.6 Å². The fourth-order valence-corrected chi connectivity index (χ4v) is 2.36. The first-order valence-electron chi connectivity index (χ1n) is 5.57. The van der Waals surface area contributed by atoms with E-state index in [1.54, 1.807) is 18.3 Å². The van der Waals surface area contributed by atoms with E-state index in [9.17, 15) is 4.79 Å². The van der Waals surface area contributed by atoms with Gasteiger partial charge >= 0.3 is 5.97 Å². The van der Waals surface area contributed by atoms with Gasteiger partial charge in [0.15, 0.2) is 5.69 Å². The summed E-state index contributed by atoms with van der Waals surface area (Å²) in [5, 5.41) is 9.72. The van der Waals surface area contributed by atoms with Gasteiger partial charge in [0.2, 0.25) is 0 Å². The molecule has 2 aromatic heterocycles. The van der Waals surface area contributed by atoms with Gasteiger partial charge < -0.3 is 9.51 Å². The van der Waals surface area contributed by atoms with Gasteiger partial charge in [-0.05, 0) is 25.0 Å². The predicted molar refractivity (Wildman–Crippen MR) is 63.8 cm³/mol.